The second kappa shape index (κ2) is 6.50. The zero-order valence-electron chi connectivity index (χ0n) is 11.0. The van der Waals surface area contributed by atoms with Crippen LogP contribution < -0.4 is 0 Å². The molecular weight excluding hydrogens is 226 g/mol. The van der Waals surface area contributed by atoms with Crippen LogP contribution in [0.5, 0.6) is 0 Å². The first kappa shape index (κ1) is 13.0. The van der Waals surface area contributed by atoms with Gasteiger partial charge in [0.25, 0.3) is 0 Å². The van der Waals surface area contributed by atoms with Gasteiger partial charge in [-0.15, -0.1) is 0 Å². The van der Waals surface area contributed by atoms with Crippen LogP contribution in [0, 0.1) is 0 Å². The summed E-state index contributed by atoms with van der Waals surface area (Å²) in [6.07, 6.45) is 3.45. The van der Waals surface area contributed by atoms with Crippen LogP contribution >= 0.6 is 0 Å². The molecule has 1 aliphatic heterocycles. The zero-order chi connectivity index (χ0) is 12.8. The van der Waals surface area contributed by atoms with E-state index in [1.165, 1.54) is 0 Å². The normalized spacial score (nSPS) is 16.8. The van der Waals surface area contributed by atoms with E-state index in [4.69, 9.17) is 0 Å². The second-order valence-electron chi connectivity index (χ2n) is 4.65. The standard InChI is InChI=1S/C14H21N3O/c1-2-14(18)17-11-9-16(10-12-17)8-6-13-5-3-4-7-15-13/h3-5,7H,2,6,8-12H2,1H3. The number of carbonyl (C=O) groups is 1. The Labute approximate surface area is 109 Å². The molecule has 1 amide bonds. The Morgan fingerprint density at radius 2 is 2.06 bits per heavy atom. The number of hydrogen-bond donors (Lipinski definition) is 0. The lowest BCUT2D eigenvalue weighted by atomic mass is 10.2. The molecule has 0 atom stereocenters. The van der Waals surface area contributed by atoms with Crippen molar-refractivity contribution in [1.29, 1.82) is 0 Å². The van der Waals surface area contributed by atoms with Crippen LogP contribution in [0.15, 0.2) is 24.4 Å². The van der Waals surface area contributed by atoms with Gasteiger partial charge in [0.05, 0.1) is 0 Å². The average molecular weight is 247 g/mol. The number of rotatable bonds is 4. The Hall–Kier alpha value is -1.42. The molecule has 0 N–H and O–H groups in total. The van der Waals surface area contributed by atoms with Crippen LogP contribution in [-0.4, -0.2) is 53.4 Å². The zero-order valence-corrected chi connectivity index (χ0v) is 11.0. The van der Waals surface area contributed by atoms with Gasteiger partial charge in [-0.3, -0.25) is 14.7 Å². The summed E-state index contributed by atoms with van der Waals surface area (Å²) in [6, 6.07) is 6.04. The summed E-state index contributed by atoms with van der Waals surface area (Å²) in [5.74, 6) is 0.277. The number of hydrogen-bond acceptors (Lipinski definition) is 3. The highest BCUT2D eigenvalue weighted by Gasteiger charge is 2.19. The van der Waals surface area contributed by atoms with Crippen LogP contribution in [0.3, 0.4) is 0 Å². The van der Waals surface area contributed by atoms with E-state index >= 15 is 0 Å². The van der Waals surface area contributed by atoms with Crippen molar-refractivity contribution in [2.45, 2.75) is 19.8 Å². The molecule has 98 valence electrons. The molecule has 2 rings (SSSR count). The fraction of sp³-hybridized carbons (Fsp3) is 0.571. The minimum Gasteiger partial charge on any atom is -0.340 e. The third kappa shape index (κ3) is 3.53. The molecule has 0 radical (unpaired) electrons. The largest absolute Gasteiger partial charge is 0.340 e. The molecule has 0 unspecified atom stereocenters. The molecule has 2 heterocycles. The minimum atomic E-state index is 0.277. The summed E-state index contributed by atoms with van der Waals surface area (Å²) in [5.41, 5.74) is 1.14. The maximum Gasteiger partial charge on any atom is 0.222 e. The van der Waals surface area contributed by atoms with Crippen molar-refractivity contribution in [3.63, 3.8) is 0 Å². The van der Waals surface area contributed by atoms with E-state index in [2.05, 4.69) is 16.0 Å². The van der Waals surface area contributed by atoms with Gasteiger partial charge < -0.3 is 4.90 Å². The predicted octanol–water partition coefficient (Wildman–Crippen LogP) is 1.18. The fourth-order valence-electron chi connectivity index (χ4n) is 2.26. The number of aromatic nitrogens is 1. The molecular formula is C14H21N3O. The Bertz CT molecular complexity index is 372. The fourth-order valence-corrected chi connectivity index (χ4v) is 2.26. The lowest BCUT2D eigenvalue weighted by Gasteiger charge is -2.34. The number of carbonyl (C=O) groups excluding carboxylic acids is 1. The van der Waals surface area contributed by atoms with E-state index in [1.807, 2.05) is 30.2 Å². The number of amides is 1. The first-order valence-electron chi connectivity index (χ1n) is 6.69. The molecule has 0 aromatic carbocycles. The molecule has 4 nitrogen and oxygen atoms in total. The van der Waals surface area contributed by atoms with Gasteiger partial charge in [0.2, 0.25) is 5.91 Å². The minimum absolute atomic E-state index is 0.277. The van der Waals surface area contributed by atoms with Gasteiger partial charge in [0.15, 0.2) is 0 Å². The molecule has 1 fully saturated rings. The van der Waals surface area contributed by atoms with Crippen molar-refractivity contribution < 1.29 is 4.79 Å². The molecule has 1 saturated heterocycles. The summed E-state index contributed by atoms with van der Waals surface area (Å²) >= 11 is 0. The van der Waals surface area contributed by atoms with Crippen LogP contribution in [0.1, 0.15) is 19.0 Å². The third-order valence-corrected chi connectivity index (χ3v) is 3.44. The summed E-state index contributed by atoms with van der Waals surface area (Å²) in [6.45, 7) is 6.67. The second-order valence-corrected chi connectivity index (χ2v) is 4.65. The quantitative estimate of drug-likeness (QED) is 0.801. The lowest BCUT2D eigenvalue weighted by molar-refractivity contribution is -0.132. The summed E-state index contributed by atoms with van der Waals surface area (Å²) < 4.78 is 0. The topological polar surface area (TPSA) is 36.4 Å². The molecule has 1 aromatic rings. The maximum absolute atomic E-state index is 11.6. The van der Waals surface area contributed by atoms with Crippen LogP contribution in [0.4, 0.5) is 0 Å². The SMILES string of the molecule is CCC(=O)N1CCN(CCc2ccccn2)CC1. The van der Waals surface area contributed by atoms with Crippen molar-refractivity contribution in [2.24, 2.45) is 0 Å². The molecule has 1 aliphatic rings. The van der Waals surface area contributed by atoms with Gasteiger partial charge in [-0.2, -0.15) is 0 Å². The monoisotopic (exact) mass is 247 g/mol. The van der Waals surface area contributed by atoms with Gasteiger partial charge in [-0.1, -0.05) is 13.0 Å². The van der Waals surface area contributed by atoms with Crippen molar-refractivity contribution >= 4 is 5.91 Å². The summed E-state index contributed by atoms with van der Waals surface area (Å²) in [4.78, 5) is 20.3. The summed E-state index contributed by atoms with van der Waals surface area (Å²) in [5, 5.41) is 0. The van der Waals surface area contributed by atoms with Crippen molar-refractivity contribution in [3.8, 4) is 0 Å². The smallest absolute Gasteiger partial charge is 0.222 e. The Balaban J connectivity index is 1.72. The van der Waals surface area contributed by atoms with E-state index in [9.17, 15) is 4.79 Å². The number of piperazine rings is 1. The third-order valence-electron chi connectivity index (χ3n) is 3.44. The van der Waals surface area contributed by atoms with Gasteiger partial charge in [-0.05, 0) is 12.1 Å². The molecule has 0 bridgehead atoms. The van der Waals surface area contributed by atoms with E-state index < -0.39 is 0 Å². The van der Waals surface area contributed by atoms with Crippen LogP contribution in [0.25, 0.3) is 0 Å². The van der Waals surface area contributed by atoms with E-state index in [1.54, 1.807) is 0 Å². The highest BCUT2D eigenvalue weighted by Crippen LogP contribution is 2.05. The number of nitrogens with zero attached hydrogens (tertiary/aromatic N) is 3. The van der Waals surface area contributed by atoms with Gasteiger partial charge in [-0.25, -0.2) is 0 Å². The highest BCUT2D eigenvalue weighted by atomic mass is 16.2. The van der Waals surface area contributed by atoms with Gasteiger partial charge >= 0.3 is 0 Å². The van der Waals surface area contributed by atoms with E-state index in [-0.39, 0.29) is 5.91 Å². The van der Waals surface area contributed by atoms with E-state index in [0.29, 0.717) is 6.42 Å². The molecule has 0 spiro atoms. The van der Waals surface area contributed by atoms with E-state index in [0.717, 1.165) is 44.8 Å². The average Bonchev–Trinajstić information content (AvgIpc) is 2.46. The molecule has 0 aliphatic carbocycles. The first-order valence-corrected chi connectivity index (χ1v) is 6.69. The molecule has 4 heteroatoms. The molecule has 1 aromatic heterocycles. The van der Waals surface area contributed by atoms with Gasteiger partial charge in [0, 0.05) is 57.5 Å². The van der Waals surface area contributed by atoms with Crippen LogP contribution in [0.2, 0.25) is 0 Å². The van der Waals surface area contributed by atoms with Gasteiger partial charge in [0.1, 0.15) is 0 Å². The van der Waals surface area contributed by atoms with Crippen molar-refractivity contribution in [3.05, 3.63) is 30.1 Å². The Kier molecular flexibility index (Phi) is 4.70. The predicted molar refractivity (Wildman–Crippen MR) is 71.3 cm³/mol. The lowest BCUT2D eigenvalue weighted by Crippen LogP contribution is -2.48. The maximum atomic E-state index is 11.6. The number of pyridine rings is 1. The van der Waals surface area contributed by atoms with Crippen molar-refractivity contribution in [1.82, 2.24) is 14.8 Å². The van der Waals surface area contributed by atoms with Crippen molar-refractivity contribution in [2.75, 3.05) is 32.7 Å². The molecule has 18 heavy (non-hydrogen) atoms. The highest BCUT2D eigenvalue weighted by molar-refractivity contribution is 5.75. The molecule has 0 saturated carbocycles. The van der Waals surface area contributed by atoms with Crippen LogP contribution in [-0.2, 0) is 11.2 Å². The Morgan fingerprint density at radius 3 is 2.67 bits per heavy atom. The first-order chi connectivity index (χ1) is 8.79. The summed E-state index contributed by atoms with van der Waals surface area (Å²) in [7, 11) is 0. The Morgan fingerprint density at radius 1 is 1.28 bits per heavy atom.